The molecule has 2 N–H and O–H groups in total. The first kappa shape index (κ1) is 25.9. The zero-order valence-electron chi connectivity index (χ0n) is 21.7. The SMILES string of the molecule is COc1cc(/C=N\Nc2nc(Nc3ccccc3)nc(N3CCCCC3)n2)ccc1OCc1ccc(F)cc1. The van der Waals surface area contributed by atoms with Gasteiger partial charge in [-0.15, -0.1) is 0 Å². The second-order valence-electron chi connectivity index (χ2n) is 9.02. The van der Waals surface area contributed by atoms with E-state index in [1.807, 2.05) is 48.5 Å². The fourth-order valence-corrected chi connectivity index (χ4v) is 4.15. The number of hydrogen-bond acceptors (Lipinski definition) is 9. The summed E-state index contributed by atoms with van der Waals surface area (Å²) in [5, 5.41) is 7.60. The van der Waals surface area contributed by atoms with E-state index in [9.17, 15) is 4.39 Å². The molecule has 9 nitrogen and oxygen atoms in total. The molecule has 1 aliphatic rings. The molecular weight excluding hydrogens is 497 g/mol. The number of para-hydroxylation sites is 1. The van der Waals surface area contributed by atoms with Gasteiger partial charge in [0, 0.05) is 18.8 Å². The summed E-state index contributed by atoms with van der Waals surface area (Å²) in [6.07, 6.45) is 5.09. The first-order valence-corrected chi connectivity index (χ1v) is 12.8. The van der Waals surface area contributed by atoms with Gasteiger partial charge in [0.25, 0.3) is 0 Å². The van der Waals surface area contributed by atoms with Gasteiger partial charge in [-0.05, 0) is 72.9 Å². The van der Waals surface area contributed by atoms with Crippen molar-refractivity contribution in [3.63, 3.8) is 0 Å². The summed E-state index contributed by atoms with van der Waals surface area (Å²) in [7, 11) is 1.58. The molecule has 3 aromatic carbocycles. The average molecular weight is 528 g/mol. The van der Waals surface area contributed by atoms with Crippen molar-refractivity contribution in [2.45, 2.75) is 25.9 Å². The van der Waals surface area contributed by atoms with Gasteiger partial charge >= 0.3 is 0 Å². The van der Waals surface area contributed by atoms with E-state index in [0.717, 1.165) is 42.7 Å². The highest BCUT2D eigenvalue weighted by Gasteiger charge is 2.16. The molecule has 0 unspecified atom stereocenters. The highest BCUT2D eigenvalue weighted by molar-refractivity contribution is 5.81. The summed E-state index contributed by atoms with van der Waals surface area (Å²) in [6.45, 7) is 2.11. The average Bonchev–Trinajstić information content (AvgIpc) is 2.98. The second-order valence-corrected chi connectivity index (χ2v) is 9.02. The van der Waals surface area contributed by atoms with E-state index in [0.29, 0.717) is 36.0 Å². The van der Waals surface area contributed by atoms with E-state index < -0.39 is 0 Å². The van der Waals surface area contributed by atoms with Crippen LogP contribution in [0.25, 0.3) is 0 Å². The number of methoxy groups -OCH3 is 1. The molecule has 39 heavy (non-hydrogen) atoms. The normalized spacial score (nSPS) is 13.3. The lowest BCUT2D eigenvalue weighted by atomic mass is 10.1. The zero-order chi connectivity index (χ0) is 26.9. The predicted molar refractivity (Wildman–Crippen MR) is 151 cm³/mol. The van der Waals surface area contributed by atoms with Crippen molar-refractivity contribution in [3.05, 3.63) is 89.7 Å². The van der Waals surface area contributed by atoms with Gasteiger partial charge in [0.2, 0.25) is 17.8 Å². The molecular formula is C29H30FN7O2. The molecule has 0 spiro atoms. The van der Waals surface area contributed by atoms with Crippen molar-refractivity contribution < 1.29 is 13.9 Å². The molecule has 2 heterocycles. The van der Waals surface area contributed by atoms with Crippen LogP contribution >= 0.6 is 0 Å². The van der Waals surface area contributed by atoms with Gasteiger partial charge in [-0.25, -0.2) is 9.82 Å². The van der Waals surface area contributed by atoms with Crippen molar-refractivity contribution in [2.75, 3.05) is 35.8 Å². The molecule has 1 fully saturated rings. The fourth-order valence-electron chi connectivity index (χ4n) is 4.15. The van der Waals surface area contributed by atoms with Crippen LogP contribution in [0.2, 0.25) is 0 Å². The van der Waals surface area contributed by atoms with E-state index >= 15 is 0 Å². The van der Waals surface area contributed by atoms with E-state index in [4.69, 9.17) is 9.47 Å². The van der Waals surface area contributed by atoms with E-state index in [-0.39, 0.29) is 5.82 Å². The smallest absolute Gasteiger partial charge is 0.250 e. The lowest BCUT2D eigenvalue weighted by molar-refractivity contribution is 0.284. The Bertz CT molecular complexity index is 1390. The van der Waals surface area contributed by atoms with Gasteiger partial charge in [0.1, 0.15) is 12.4 Å². The topological polar surface area (TPSA) is 96.8 Å². The molecule has 0 amide bonds. The Balaban J connectivity index is 1.28. The van der Waals surface area contributed by atoms with Crippen LogP contribution in [-0.2, 0) is 6.61 Å². The van der Waals surface area contributed by atoms with Gasteiger partial charge in [-0.2, -0.15) is 20.1 Å². The maximum Gasteiger partial charge on any atom is 0.250 e. The van der Waals surface area contributed by atoms with Crippen LogP contribution in [0.4, 0.5) is 27.9 Å². The van der Waals surface area contributed by atoms with Crippen molar-refractivity contribution in [1.29, 1.82) is 0 Å². The molecule has 0 aliphatic carbocycles. The minimum absolute atomic E-state index is 0.280. The maximum atomic E-state index is 13.1. The number of hydrogen-bond donors (Lipinski definition) is 2. The number of nitrogens with zero attached hydrogens (tertiary/aromatic N) is 5. The lowest BCUT2D eigenvalue weighted by Gasteiger charge is -2.26. The van der Waals surface area contributed by atoms with Crippen LogP contribution in [0.3, 0.4) is 0 Å². The van der Waals surface area contributed by atoms with Crippen LogP contribution in [-0.4, -0.2) is 41.4 Å². The molecule has 1 aromatic heterocycles. The monoisotopic (exact) mass is 527 g/mol. The Morgan fingerprint density at radius 1 is 0.897 bits per heavy atom. The first-order chi connectivity index (χ1) is 19.2. The third-order valence-electron chi connectivity index (χ3n) is 6.17. The lowest BCUT2D eigenvalue weighted by Crippen LogP contribution is -2.31. The Hall–Kier alpha value is -4.73. The van der Waals surface area contributed by atoms with Crippen molar-refractivity contribution in [1.82, 2.24) is 15.0 Å². The van der Waals surface area contributed by atoms with Crippen molar-refractivity contribution >= 4 is 29.7 Å². The number of halogens is 1. The van der Waals surface area contributed by atoms with Crippen LogP contribution in [0.1, 0.15) is 30.4 Å². The van der Waals surface area contributed by atoms with Crippen LogP contribution in [0.15, 0.2) is 77.9 Å². The number of benzene rings is 3. The molecule has 0 atom stereocenters. The van der Waals surface area contributed by atoms with Crippen molar-refractivity contribution in [2.24, 2.45) is 5.10 Å². The van der Waals surface area contributed by atoms with Crippen LogP contribution in [0.5, 0.6) is 11.5 Å². The second kappa shape index (κ2) is 12.7. The van der Waals surface area contributed by atoms with Gasteiger partial charge in [0.05, 0.1) is 13.3 Å². The Morgan fingerprint density at radius 3 is 2.44 bits per heavy atom. The fraction of sp³-hybridized carbons (Fsp3) is 0.241. The van der Waals surface area contributed by atoms with Gasteiger partial charge < -0.3 is 19.7 Å². The number of piperidine rings is 1. The minimum atomic E-state index is -0.280. The van der Waals surface area contributed by atoms with E-state index in [1.54, 1.807) is 25.5 Å². The standard InChI is InChI=1S/C29H30FN7O2/c1-38-26-18-22(12-15-25(26)39-20-21-10-13-23(30)14-11-21)19-31-36-28-33-27(32-24-8-4-2-5-9-24)34-29(35-28)37-16-6-3-7-17-37/h2,4-5,8-15,18-19H,3,6-7,16-17,20H2,1H3,(H2,32,33,34,35,36)/b31-19-. The summed E-state index contributed by atoms with van der Waals surface area (Å²) in [5.74, 6) is 2.25. The molecule has 1 saturated heterocycles. The van der Waals surface area contributed by atoms with Gasteiger partial charge in [0.15, 0.2) is 11.5 Å². The highest BCUT2D eigenvalue weighted by Crippen LogP contribution is 2.28. The third-order valence-corrected chi connectivity index (χ3v) is 6.17. The van der Waals surface area contributed by atoms with Crippen LogP contribution in [0, 0.1) is 5.82 Å². The summed E-state index contributed by atoms with van der Waals surface area (Å²) in [6, 6.07) is 21.4. The number of nitrogens with one attached hydrogen (secondary N) is 2. The zero-order valence-corrected chi connectivity index (χ0v) is 21.7. The number of anilines is 4. The summed E-state index contributed by atoms with van der Waals surface area (Å²) < 4.78 is 24.5. The number of ether oxygens (including phenoxy) is 2. The molecule has 10 heteroatoms. The van der Waals surface area contributed by atoms with E-state index in [2.05, 4.69) is 35.7 Å². The highest BCUT2D eigenvalue weighted by atomic mass is 19.1. The molecule has 0 saturated carbocycles. The maximum absolute atomic E-state index is 13.1. The summed E-state index contributed by atoms with van der Waals surface area (Å²) in [5.41, 5.74) is 5.48. The molecule has 1 aliphatic heterocycles. The van der Waals surface area contributed by atoms with Gasteiger partial charge in [-0.1, -0.05) is 30.3 Å². The van der Waals surface area contributed by atoms with Crippen LogP contribution < -0.4 is 25.1 Å². The predicted octanol–water partition coefficient (Wildman–Crippen LogP) is 5.78. The molecule has 0 radical (unpaired) electrons. The minimum Gasteiger partial charge on any atom is -0.493 e. The number of rotatable bonds is 10. The number of aromatic nitrogens is 3. The number of hydrazone groups is 1. The Morgan fingerprint density at radius 2 is 1.67 bits per heavy atom. The molecule has 200 valence electrons. The third kappa shape index (κ3) is 7.19. The largest absolute Gasteiger partial charge is 0.493 e. The molecule has 4 aromatic rings. The summed E-state index contributed by atoms with van der Waals surface area (Å²) >= 11 is 0. The molecule has 0 bridgehead atoms. The quantitative estimate of drug-likeness (QED) is 0.198. The Kier molecular flexibility index (Phi) is 8.42. The van der Waals surface area contributed by atoms with Gasteiger partial charge in [-0.3, -0.25) is 0 Å². The molecule has 5 rings (SSSR count). The van der Waals surface area contributed by atoms with Crippen molar-refractivity contribution in [3.8, 4) is 11.5 Å². The first-order valence-electron chi connectivity index (χ1n) is 12.8. The van der Waals surface area contributed by atoms with E-state index in [1.165, 1.54) is 18.6 Å². The Labute approximate surface area is 226 Å². The summed E-state index contributed by atoms with van der Waals surface area (Å²) in [4.78, 5) is 15.9.